The van der Waals surface area contributed by atoms with E-state index in [1.54, 1.807) is 6.07 Å². The van der Waals surface area contributed by atoms with Crippen molar-refractivity contribution >= 4 is 29.3 Å². The lowest BCUT2D eigenvalue weighted by molar-refractivity contribution is -0.112. The minimum absolute atomic E-state index is 0.0758. The third-order valence-electron chi connectivity index (χ3n) is 3.51. The van der Waals surface area contributed by atoms with Crippen LogP contribution in [0, 0.1) is 25.2 Å². The Morgan fingerprint density at radius 1 is 1.21 bits per heavy atom. The number of hydrogen-bond acceptors (Lipinski definition) is 4. The van der Waals surface area contributed by atoms with Crippen LogP contribution >= 0.6 is 11.6 Å². The van der Waals surface area contributed by atoms with Crippen LogP contribution in [0.2, 0.25) is 5.02 Å². The maximum atomic E-state index is 12.2. The number of aromatic hydroxyl groups is 2. The lowest BCUT2D eigenvalue weighted by atomic mass is 10.1. The topological polar surface area (TPSA) is 93.4 Å². The summed E-state index contributed by atoms with van der Waals surface area (Å²) in [5, 5.41) is 30.8. The first-order valence-corrected chi connectivity index (χ1v) is 7.41. The molecular formula is C18H15ClN2O3. The van der Waals surface area contributed by atoms with Gasteiger partial charge in [0.2, 0.25) is 0 Å². The van der Waals surface area contributed by atoms with E-state index >= 15 is 0 Å². The number of carbonyl (C=O) groups is 1. The minimum atomic E-state index is -0.579. The zero-order valence-corrected chi connectivity index (χ0v) is 13.8. The summed E-state index contributed by atoms with van der Waals surface area (Å²) in [4.78, 5) is 12.2. The number of phenolic OH excluding ortho intramolecular Hbond substituents is 2. The highest BCUT2D eigenvalue weighted by Gasteiger charge is 2.12. The lowest BCUT2D eigenvalue weighted by Crippen LogP contribution is -2.13. The first-order valence-electron chi connectivity index (χ1n) is 7.03. The molecule has 2 aromatic rings. The normalized spacial score (nSPS) is 11.0. The fraction of sp³-hybridized carbons (Fsp3) is 0.111. The molecule has 0 aliphatic heterocycles. The molecule has 0 fully saturated rings. The van der Waals surface area contributed by atoms with E-state index in [4.69, 9.17) is 11.6 Å². The van der Waals surface area contributed by atoms with Crippen molar-refractivity contribution in [1.29, 1.82) is 5.26 Å². The van der Waals surface area contributed by atoms with Crippen LogP contribution in [-0.2, 0) is 4.79 Å². The number of nitrogens with zero attached hydrogens (tertiary/aromatic N) is 1. The van der Waals surface area contributed by atoms with Gasteiger partial charge in [-0.3, -0.25) is 4.79 Å². The summed E-state index contributed by atoms with van der Waals surface area (Å²) < 4.78 is 0. The second-order valence-electron chi connectivity index (χ2n) is 5.29. The number of nitrogens with one attached hydrogen (secondary N) is 1. The second-order valence-corrected chi connectivity index (χ2v) is 5.70. The number of aryl methyl sites for hydroxylation is 2. The van der Waals surface area contributed by atoms with Gasteiger partial charge in [-0.2, -0.15) is 5.26 Å². The molecule has 6 heteroatoms. The maximum absolute atomic E-state index is 12.2. The molecule has 0 unspecified atom stereocenters. The van der Waals surface area contributed by atoms with Crippen LogP contribution in [0.4, 0.5) is 5.69 Å². The standard InChI is InChI=1S/C18H15ClN2O3/c1-10-3-4-14(5-11(10)2)21-18(24)13(9-20)6-12-7-15(19)17(23)16(22)8-12/h3-8,22-23H,1-2H3,(H,21,24)/b13-6+. The largest absolute Gasteiger partial charge is 0.504 e. The smallest absolute Gasteiger partial charge is 0.266 e. The number of halogens is 1. The molecule has 0 saturated heterocycles. The molecule has 2 rings (SSSR count). The predicted octanol–water partition coefficient (Wildman–Crippen LogP) is 3.91. The van der Waals surface area contributed by atoms with Gasteiger partial charge in [-0.25, -0.2) is 0 Å². The Hall–Kier alpha value is -2.97. The summed E-state index contributed by atoms with van der Waals surface area (Å²) in [6, 6.07) is 9.80. The zero-order valence-electron chi connectivity index (χ0n) is 13.1. The minimum Gasteiger partial charge on any atom is -0.504 e. The van der Waals surface area contributed by atoms with E-state index in [9.17, 15) is 20.3 Å². The van der Waals surface area contributed by atoms with Crippen LogP contribution in [0.15, 0.2) is 35.9 Å². The number of carbonyl (C=O) groups excluding carboxylic acids is 1. The van der Waals surface area contributed by atoms with Gasteiger partial charge in [-0.15, -0.1) is 0 Å². The molecule has 0 aliphatic rings. The van der Waals surface area contributed by atoms with Crippen molar-refractivity contribution in [3.05, 3.63) is 57.6 Å². The van der Waals surface area contributed by atoms with E-state index in [-0.39, 0.29) is 10.6 Å². The molecule has 2 aromatic carbocycles. The fourth-order valence-corrected chi connectivity index (χ4v) is 2.24. The van der Waals surface area contributed by atoms with Gasteiger partial charge in [0.15, 0.2) is 11.5 Å². The average molecular weight is 343 g/mol. The van der Waals surface area contributed by atoms with Crippen molar-refractivity contribution in [1.82, 2.24) is 0 Å². The van der Waals surface area contributed by atoms with Crippen LogP contribution < -0.4 is 5.32 Å². The molecule has 122 valence electrons. The number of benzene rings is 2. The third-order valence-corrected chi connectivity index (χ3v) is 3.79. The molecule has 3 N–H and O–H groups in total. The molecule has 0 bridgehead atoms. The SMILES string of the molecule is Cc1ccc(NC(=O)/C(C#N)=C/c2cc(O)c(O)c(Cl)c2)cc1C. The molecule has 5 nitrogen and oxygen atoms in total. The number of hydrogen-bond donors (Lipinski definition) is 3. The Morgan fingerprint density at radius 2 is 1.92 bits per heavy atom. The Bertz CT molecular complexity index is 859. The van der Waals surface area contributed by atoms with Crippen molar-refractivity contribution in [2.45, 2.75) is 13.8 Å². The number of amides is 1. The van der Waals surface area contributed by atoms with E-state index in [0.717, 1.165) is 11.1 Å². The fourth-order valence-electron chi connectivity index (χ4n) is 2.02. The summed E-state index contributed by atoms with van der Waals surface area (Å²) in [7, 11) is 0. The van der Waals surface area contributed by atoms with Gasteiger partial charge in [0, 0.05) is 5.69 Å². The van der Waals surface area contributed by atoms with E-state index < -0.39 is 17.4 Å². The van der Waals surface area contributed by atoms with E-state index in [1.807, 2.05) is 32.0 Å². The highest BCUT2D eigenvalue weighted by atomic mass is 35.5. The molecular weight excluding hydrogens is 328 g/mol. The van der Waals surface area contributed by atoms with Crippen LogP contribution in [0.3, 0.4) is 0 Å². The molecule has 0 spiro atoms. The van der Waals surface area contributed by atoms with Gasteiger partial charge < -0.3 is 15.5 Å². The van der Waals surface area contributed by atoms with Crippen molar-refractivity contribution in [2.24, 2.45) is 0 Å². The summed E-state index contributed by atoms with van der Waals surface area (Å²) in [6.07, 6.45) is 1.28. The molecule has 0 aromatic heterocycles. The number of anilines is 1. The Balaban J connectivity index is 2.29. The monoisotopic (exact) mass is 342 g/mol. The molecule has 0 aliphatic carbocycles. The second kappa shape index (κ2) is 7.07. The summed E-state index contributed by atoms with van der Waals surface area (Å²) in [6.45, 7) is 3.88. The van der Waals surface area contributed by atoms with Gasteiger partial charge in [0.25, 0.3) is 5.91 Å². The quantitative estimate of drug-likeness (QED) is 0.448. The molecule has 0 saturated carbocycles. The first kappa shape index (κ1) is 17.4. The molecule has 1 amide bonds. The van der Waals surface area contributed by atoms with Gasteiger partial charge in [0.05, 0.1) is 5.02 Å². The number of nitriles is 1. The Labute approximate surface area is 144 Å². The van der Waals surface area contributed by atoms with E-state index in [1.165, 1.54) is 18.2 Å². The predicted molar refractivity (Wildman–Crippen MR) is 92.9 cm³/mol. The Kier molecular flexibility index (Phi) is 5.12. The molecule has 0 heterocycles. The summed E-state index contributed by atoms with van der Waals surface area (Å²) >= 11 is 5.76. The molecule has 0 atom stereocenters. The van der Waals surface area contributed by atoms with Gasteiger partial charge in [-0.05, 0) is 60.9 Å². The van der Waals surface area contributed by atoms with Gasteiger partial charge in [0.1, 0.15) is 11.6 Å². The van der Waals surface area contributed by atoms with Crippen molar-refractivity contribution in [3.63, 3.8) is 0 Å². The zero-order chi connectivity index (χ0) is 17.9. The highest BCUT2D eigenvalue weighted by Crippen LogP contribution is 2.34. The first-order chi connectivity index (χ1) is 11.3. The van der Waals surface area contributed by atoms with Crippen LogP contribution in [-0.4, -0.2) is 16.1 Å². The van der Waals surface area contributed by atoms with Gasteiger partial charge in [-0.1, -0.05) is 17.7 Å². The highest BCUT2D eigenvalue weighted by molar-refractivity contribution is 6.32. The van der Waals surface area contributed by atoms with Gasteiger partial charge >= 0.3 is 0 Å². The van der Waals surface area contributed by atoms with E-state index in [0.29, 0.717) is 11.3 Å². The maximum Gasteiger partial charge on any atom is 0.266 e. The van der Waals surface area contributed by atoms with Crippen molar-refractivity contribution in [2.75, 3.05) is 5.32 Å². The van der Waals surface area contributed by atoms with Crippen LogP contribution in [0.1, 0.15) is 16.7 Å². The van der Waals surface area contributed by atoms with Crippen LogP contribution in [0.25, 0.3) is 6.08 Å². The average Bonchev–Trinajstić information content (AvgIpc) is 2.53. The third kappa shape index (κ3) is 3.86. The Morgan fingerprint density at radius 3 is 2.50 bits per heavy atom. The number of rotatable bonds is 3. The molecule has 24 heavy (non-hydrogen) atoms. The van der Waals surface area contributed by atoms with Crippen molar-refractivity contribution < 1.29 is 15.0 Å². The van der Waals surface area contributed by atoms with Crippen molar-refractivity contribution in [3.8, 4) is 17.6 Å². The van der Waals surface area contributed by atoms with E-state index in [2.05, 4.69) is 5.32 Å². The lowest BCUT2D eigenvalue weighted by Gasteiger charge is -2.07. The molecule has 0 radical (unpaired) electrons. The summed E-state index contributed by atoms with van der Waals surface area (Å²) in [5.74, 6) is -1.46. The number of phenols is 2. The summed E-state index contributed by atoms with van der Waals surface area (Å²) in [5.41, 5.74) is 2.86. The van der Waals surface area contributed by atoms with Crippen LogP contribution in [0.5, 0.6) is 11.5 Å².